The number of benzene rings is 6. The molecule has 0 fully saturated rings. The maximum atomic E-state index is 9.02. The van der Waals surface area contributed by atoms with Crippen LogP contribution in [0, 0.1) is 22.7 Å². The highest BCUT2D eigenvalue weighted by Gasteiger charge is 2.08. The lowest BCUT2D eigenvalue weighted by molar-refractivity contribution is 0.399. The molecule has 0 aliphatic carbocycles. The van der Waals surface area contributed by atoms with Crippen LogP contribution in [0.3, 0.4) is 0 Å². The molecule has 9 aromatic rings. The zero-order chi connectivity index (χ0) is 61.4. The number of nitrogens with two attached hydrogens (primary N) is 1. The number of phenolic OH excluding ortho intramolecular Hbond substituents is 1. The highest BCUT2D eigenvalue weighted by atomic mass is 35.5. The van der Waals surface area contributed by atoms with Crippen molar-refractivity contribution in [1.82, 2.24) is 15.0 Å². The minimum absolute atomic E-state index is 0.0417. The molecular formula is C49H39B22ClN6O4. The van der Waals surface area contributed by atoms with Gasteiger partial charge in [-0.15, -0.1) is 0 Å². The molecule has 0 atom stereocenters. The predicted octanol–water partition coefficient (Wildman–Crippen LogP) is 2.77. The fourth-order valence-corrected chi connectivity index (χ4v) is 5.75. The first kappa shape index (κ1) is 73.6. The summed E-state index contributed by atoms with van der Waals surface area (Å²) >= 11 is 5.71. The molecule has 0 saturated carbocycles. The van der Waals surface area contributed by atoms with E-state index in [0.29, 0.717) is 40.3 Å². The van der Waals surface area contributed by atoms with Crippen LogP contribution in [0.1, 0.15) is 16.7 Å². The number of nitrogens with zero attached hydrogens (tertiary/aromatic N) is 5. The molecule has 6 aromatic carbocycles. The molecule has 9 rings (SSSR count). The van der Waals surface area contributed by atoms with Crippen LogP contribution in [-0.4, -0.2) is 193 Å². The van der Waals surface area contributed by atoms with Crippen LogP contribution in [0.25, 0.3) is 32.7 Å². The molecule has 362 valence electrons. The second kappa shape index (κ2) is 43.3. The highest BCUT2D eigenvalue weighted by molar-refractivity contribution is 7.81. The molecule has 10 nitrogen and oxygen atoms in total. The average Bonchev–Trinajstić information content (AvgIpc) is 3.50. The summed E-state index contributed by atoms with van der Waals surface area (Å²) in [5, 5.41) is 37.0. The number of ether oxygens (including phenoxy) is 2. The Kier molecular flexibility index (Phi) is 38.8. The van der Waals surface area contributed by atoms with Crippen LogP contribution in [0.2, 0.25) is 5.15 Å². The number of hydrogen-bond donors (Lipinski definition) is 3. The second-order valence-electron chi connectivity index (χ2n) is 16.1. The van der Waals surface area contributed by atoms with E-state index in [1.807, 2.05) is 133 Å². The quantitative estimate of drug-likeness (QED) is 0.144. The molecule has 4 N–H and O–H groups in total. The summed E-state index contributed by atoms with van der Waals surface area (Å²) in [4.78, 5) is 13.0. The van der Waals surface area contributed by atoms with Gasteiger partial charge in [-0.1, -0.05) is 109 Å². The average molecular weight is 1050 g/mol. The summed E-state index contributed by atoms with van der Waals surface area (Å²) in [6, 6.07) is 60.3. The van der Waals surface area contributed by atoms with Crippen molar-refractivity contribution >= 4 is 205 Å². The van der Waals surface area contributed by atoms with Crippen molar-refractivity contribution in [3.8, 4) is 41.1 Å². The van der Waals surface area contributed by atoms with Crippen LogP contribution in [-0.2, 0) is 6.54 Å². The monoisotopic (exact) mass is 1050 g/mol. The lowest BCUT2D eigenvalue weighted by Gasteiger charge is -2.09. The van der Waals surface area contributed by atoms with Gasteiger partial charge in [0.1, 0.15) is 34.5 Å². The fraction of sp³-hybridized carbons (Fsp3) is 0.0408. The van der Waals surface area contributed by atoms with Crippen molar-refractivity contribution in [2.24, 2.45) is 5.73 Å². The van der Waals surface area contributed by atoms with E-state index in [9.17, 15) is 0 Å². The number of aromatic hydroxyl groups is 1. The molecule has 0 spiro atoms. The van der Waals surface area contributed by atoms with Gasteiger partial charge in [0, 0.05) is 208 Å². The number of fused-ring (bicyclic) bond motifs is 3. The molecule has 3 aromatic heterocycles. The van der Waals surface area contributed by atoms with Crippen molar-refractivity contribution in [2.75, 3.05) is 7.11 Å². The Balaban J connectivity index is 0.000000495. The Morgan fingerprint density at radius 3 is 1.23 bits per heavy atom. The van der Waals surface area contributed by atoms with Gasteiger partial charge < -0.3 is 25.4 Å². The molecule has 30 radical (unpaired) electrons. The zero-order valence-electron chi connectivity index (χ0n) is 45.1. The summed E-state index contributed by atoms with van der Waals surface area (Å²) in [5.74, 6) is 2.39. The Bertz CT molecular complexity index is 3290. The largest absolute Gasteiger partial charge is 0.507 e. The smallest absolute Gasteiger partial charge is 0.219 e. The van der Waals surface area contributed by atoms with Crippen molar-refractivity contribution in [1.29, 1.82) is 10.5 Å². The van der Waals surface area contributed by atoms with Crippen LogP contribution in [0.15, 0.2) is 182 Å². The number of aromatic nitrogens is 3. The number of rotatable bonds is 9. The Labute approximate surface area is 511 Å². The van der Waals surface area contributed by atoms with E-state index in [4.69, 9.17) is 133 Å². The van der Waals surface area contributed by atoms with Crippen LogP contribution < -0.4 is 15.2 Å². The minimum Gasteiger partial charge on any atom is -0.507 e. The molecule has 0 amide bonds. The lowest BCUT2D eigenvalue weighted by Crippen LogP contribution is -2.43. The minimum atomic E-state index is -0.667. The van der Waals surface area contributed by atoms with E-state index in [0.717, 1.165) is 51.1 Å². The first-order valence-corrected chi connectivity index (χ1v) is 24.8. The molecule has 0 aliphatic heterocycles. The van der Waals surface area contributed by atoms with Crippen LogP contribution >= 0.6 is 11.6 Å². The maximum Gasteiger partial charge on any atom is 0.219 e. The molecule has 0 aliphatic rings. The first-order chi connectivity index (χ1) is 39.3. The van der Waals surface area contributed by atoms with Gasteiger partial charge in [-0.25, -0.2) is 15.0 Å². The van der Waals surface area contributed by atoms with Crippen molar-refractivity contribution < 1.29 is 19.7 Å². The molecule has 3 heterocycles. The van der Waals surface area contributed by atoms with Crippen LogP contribution in [0.4, 0.5) is 0 Å². The topological polar surface area (TPSA) is 171 Å². The molecular weight excluding hydrogens is 1010 g/mol. The van der Waals surface area contributed by atoms with Crippen molar-refractivity contribution in [2.45, 2.75) is 6.54 Å². The molecule has 33 heteroatoms. The number of aliphatic hydroxyl groups excluding tert-OH is 1. The number of aliphatic hydroxyl groups is 1. The molecule has 82 heavy (non-hydrogen) atoms. The first-order valence-electron chi connectivity index (χ1n) is 24.4. The Hall–Kier alpha value is -6.43. The van der Waals surface area contributed by atoms with Gasteiger partial charge in [0.05, 0.1) is 27.7 Å². The highest BCUT2D eigenvalue weighted by Crippen LogP contribution is 2.27. The van der Waals surface area contributed by atoms with Gasteiger partial charge in [-0.3, -0.25) is 0 Å². The SMILES string of the molecule is CO.Clc1ccc2ccccc2n1.N#Cc1ccccc1O.N#Cc1ccccc1Oc1ccc2ccccc2n1.NCc1ccccc1Oc1ccc2ccccc2n1.[B]B([B])B([B])[B].[B]B([B])[B].[B][B]B([B])B([B])[B].[B][B]B([B])[B]. The third kappa shape index (κ3) is 30.6. The number of hydrogen-bond acceptors (Lipinski definition) is 10. The van der Waals surface area contributed by atoms with E-state index in [-0.39, 0.29) is 12.1 Å². The van der Waals surface area contributed by atoms with Gasteiger partial charge in [-0.05, 0) is 72.8 Å². The van der Waals surface area contributed by atoms with Gasteiger partial charge in [0.2, 0.25) is 11.8 Å². The van der Waals surface area contributed by atoms with Crippen molar-refractivity contribution in [3.05, 3.63) is 204 Å². The Morgan fingerprint density at radius 2 is 0.854 bits per heavy atom. The normalized spacial score (nSPS) is 9.00. The molecule has 0 bridgehead atoms. The standard InChI is InChI=1S/C16H14N2O.C16H10N2O.C9H6ClN.C7H5NO.CH4O.B7.B6.B5.B4/c2*17-11-13-6-2-4-8-15(13)19-16-10-9-12-5-1-3-7-14(12)18-16;10-9-6-5-7-3-1-2-4-8(7)11-9;8-5-6-3-1-2-4-7(6)9;1-2;1-5-7(4)6(2)3;1-5(2)6(3)4;1-4-5(2)3;1-4(2)3/h1-10H,11,17H2;1-10H;1-6H;1-4,9H;2H,1H3;;;;. The lowest BCUT2D eigenvalue weighted by atomic mass is 8.76. The van der Waals surface area contributed by atoms with E-state index in [1.54, 1.807) is 48.5 Å². The summed E-state index contributed by atoms with van der Waals surface area (Å²) in [5.41, 5.74) is 10.2. The second-order valence-corrected chi connectivity index (χ2v) is 16.5. The van der Waals surface area contributed by atoms with Gasteiger partial charge >= 0.3 is 0 Å². The number of para-hydroxylation sites is 6. The van der Waals surface area contributed by atoms with E-state index in [1.165, 1.54) is 20.2 Å². The summed E-state index contributed by atoms with van der Waals surface area (Å²) < 4.78 is 11.5. The Morgan fingerprint density at radius 1 is 0.488 bits per heavy atom. The van der Waals surface area contributed by atoms with Gasteiger partial charge in [0.15, 0.2) is 0 Å². The summed E-state index contributed by atoms with van der Waals surface area (Å²) in [6.07, 6.45) is -3.24. The predicted molar refractivity (Wildman–Crippen MR) is 363 cm³/mol. The zero-order valence-corrected chi connectivity index (χ0v) is 45.9. The van der Waals surface area contributed by atoms with E-state index < -0.39 is 31.9 Å². The molecule has 0 unspecified atom stereocenters. The molecule has 0 saturated heterocycles. The number of halogens is 1. The van der Waals surface area contributed by atoms with Gasteiger partial charge in [0.25, 0.3) is 0 Å². The number of phenols is 1. The summed E-state index contributed by atoms with van der Waals surface area (Å²) in [7, 11) is 72.2. The number of pyridine rings is 3. The van der Waals surface area contributed by atoms with Crippen LogP contribution in [0.5, 0.6) is 29.0 Å². The third-order valence-electron chi connectivity index (χ3n) is 9.70. The van der Waals surface area contributed by atoms with Crippen molar-refractivity contribution in [3.63, 3.8) is 0 Å². The van der Waals surface area contributed by atoms with E-state index >= 15 is 0 Å². The number of nitriles is 2. The fourth-order valence-electron chi connectivity index (χ4n) is 5.59. The third-order valence-corrected chi connectivity index (χ3v) is 9.91. The maximum absolute atomic E-state index is 9.02. The summed E-state index contributed by atoms with van der Waals surface area (Å²) in [6.45, 7) is 0.448. The van der Waals surface area contributed by atoms with Gasteiger partial charge in [-0.2, -0.15) is 10.5 Å². The van der Waals surface area contributed by atoms with E-state index in [2.05, 4.69) is 44.2 Å².